The number of anilines is 1. The van der Waals surface area contributed by atoms with E-state index in [1.54, 1.807) is 18.2 Å². The molecule has 152 valence electrons. The molecule has 0 saturated carbocycles. The molecule has 29 heavy (non-hydrogen) atoms. The maximum Gasteiger partial charge on any atom is 0.323 e. The van der Waals surface area contributed by atoms with E-state index in [1.165, 1.54) is 5.56 Å². The SMILES string of the molecule is CC(C(=O)Nc1ccc2[nH]c(=O)[nH]c2c1)N1CCN(Cc2cccc(Cl)c2)CC1. The van der Waals surface area contributed by atoms with Gasteiger partial charge in [-0.15, -0.1) is 0 Å². The summed E-state index contributed by atoms with van der Waals surface area (Å²) in [6.45, 7) is 6.27. The van der Waals surface area contributed by atoms with Crippen LogP contribution < -0.4 is 11.0 Å². The third kappa shape index (κ3) is 4.70. The molecule has 0 radical (unpaired) electrons. The molecule has 7 nitrogen and oxygen atoms in total. The first kappa shape index (κ1) is 19.7. The summed E-state index contributed by atoms with van der Waals surface area (Å²) in [5, 5.41) is 3.71. The lowest BCUT2D eigenvalue weighted by Crippen LogP contribution is -2.52. The molecule has 1 atom stereocenters. The van der Waals surface area contributed by atoms with Crippen molar-refractivity contribution in [2.75, 3.05) is 31.5 Å². The minimum Gasteiger partial charge on any atom is -0.325 e. The van der Waals surface area contributed by atoms with Gasteiger partial charge >= 0.3 is 5.69 Å². The fourth-order valence-corrected chi connectivity index (χ4v) is 3.94. The molecule has 1 amide bonds. The molecule has 1 aliphatic heterocycles. The van der Waals surface area contributed by atoms with Gasteiger partial charge in [-0.3, -0.25) is 14.6 Å². The largest absolute Gasteiger partial charge is 0.325 e. The number of amides is 1. The summed E-state index contributed by atoms with van der Waals surface area (Å²) in [6, 6.07) is 13.0. The van der Waals surface area contributed by atoms with Crippen molar-refractivity contribution in [2.24, 2.45) is 0 Å². The highest BCUT2D eigenvalue weighted by molar-refractivity contribution is 6.30. The van der Waals surface area contributed by atoms with Crippen LogP contribution in [-0.4, -0.2) is 57.9 Å². The summed E-state index contributed by atoms with van der Waals surface area (Å²) in [4.78, 5) is 34.1. The van der Waals surface area contributed by atoms with E-state index in [2.05, 4.69) is 31.2 Å². The molecule has 1 saturated heterocycles. The molecule has 1 aromatic heterocycles. The predicted molar refractivity (Wildman–Crippen MR) is 115 cm³/mol. The highest BCUT2D eigenvalue weighted by atomic mass is 35.5. The van der Waals surface area contributed by atoms with Crippen molar-refractivity contribution in [3.05, 3.63) is 63.5 Å². The van der Waals surface area contributed by atoms with E-state index in [1.807, 2.05) is 25.1 Å². The molecule has 1 unspecified atom stereocenters. The second-order valence-electron chi connectivity index (χ2n) is 7.45. The molecule has 0 aliphatic carbocycles. The fraction of sp³-hybridized carbons (Fsp3) is 0.333. The predicted octanol–water partition coefficient (Wildman–Crippen LogP) is 2.65. The number of H-pyrrole nitrogens is 2. The van der Waals surface area contributed by atoms with Gasteiger partial charge in [-0.25, -0.2) is 4.79 Å². The quantitative estimate of drug-likeness (QED) is 0.600. The summed E-state index contributed by atoms with van der Waals surface area (Å²) in [6.07, 6.45) is 0. The third-order valence-electron chi connectivity index (χ3n) is 5.41. The van der Waals surface area contributed by atoms with Crippen molar-refractivity contribution in [3.63, 3.8) is 0 Å². The fourth-order valence-electron chi connectivity index (χ4n) is 3.73. The number of imidazole rings is 1. The molecule has 0 bridgehead atoms. The summed E-state index contributed by atoms with van der Waals surface area (Å²) >= 11 is 6.07. The Hall–Kier alpha value is -2.61. The molecule has 1 fully saturated rings. The number of nitrogens with one attached hydrogen (secondary N) is 3. The number of carbonyl (C=O) groups excluding carboxylic acids is 1. The zero-order valence-electron chi connectivity index (χ0n) is 16.2. The van der Waals surface area contributed by atoms with E-state index in [0.717, 1.165) is 43.3 Å². The van der Waals surface area contributed by atoms with Crippen LogP contribution in [-0.2, 0) is 11.3 Å². The van der Waals surface area contributed by atoms with Crippen molar-refractivity contribution in [3.8, 4) is 0 Å². The van der Waals surface area contributed by atoms with Crippen LogP contribution in [0.2, 0.25) is 5.02 Å². The van der Waals surface area contributed by atoms with E-state index in [0.29, 0.717) is 11.2 Å². The molecule has 3 aromatic rings. The average molecular weight is 414 g/mol. The molecule has 3 N–H and O–H groups in total. The molecule has 0 spiro atoms. The first-order valence-electron chi connectivity index (χ1n) is 9.72. The van der Waals surface area contributed by atoms with E-state index < -0.39 is 0 Å². The van der Waals surface area contributed by atoms with Crippen LogP contribution in [0, 0.1) is 0 Å². The van der Waals surface area contributed by atoms with Crippen molar-refractivity contribution >= 4 is 34.2 Å². The Morgan fingerprint density at radius 2 is 1.86 bits per heavy atom. The lowest BCUT2D eigenvalue weighted by Gasteiger charge is -2.37. The Bertz CT molecular complexity index is 1070. The summed E-state index contributed by atoms with van der Waals surface area (Å²) in [7, 11) is 0. The number of carbonyl (C=O) groups is 1. The first-order valence-corrected chi connectivity index (χ1v) is 10.1. The Balaban J connectivity index is 1.31. The van der Waals surface area contributed by atoms with Gasteiger partial charge in [0, 0.05) is 43.4 Å². The summed E-state index contributed by atoms with van der Waals surface area (Å²) < 4.78 is 0. The van der Waals surface area contributed by atoms with Crippen molar-refractivity contribution in [1.29, 1.82) is 0 Å². The van der Waals surface area contributed by atoms with Gasteiger partial charge in [0.1, 0.15) is 0 Å². The van der Waals surface area contributed by atoms with Gasteiger partial charge in [0.2, 0.25) is 5.91 Å². The Morgan fingerprint density at radius 3 is 2.62 bits per heavy atom. The van der Waals surface area contributed by atoms with E-state index in [4.69, 9.17) is 11.6 Å². The number of aromatic amines is 2. The number of benzene rings is 2. The molecule has 2 heterocycles. The number of fused-ring (bicyclic) bond motifs is 1. The lowest BCUT2D eigenvalue weighted by molar-refractivity contribution is -0.121. The average Bonchev–Trinajstić information content (AvgIpc) is 3.07. The molecular formula is C21H24ClN5O2. The number of piperazine rings is 1. The first-order chi connectivity index (χ1) is 14.0. The molecule has 4 rings (SSSR count). The van der Waals surface area contributed by atoms with Crippen molar-refractivity contribution < 1.29 is 4.79 Å². The standard InChI is InChI=1S/C21H24ClN5O2/c1-14(20(28)23-17-5-6-18-19(12-17)25-21(29)24-18)27-9-7-26(8-10-27)13-15-3-2-4-16(22)11-15/h2-6,11-12,14H,7-10,13H2,1H3,(H,23,28)(H2,24,25,29). The Kier molecular flexibility index (Phi) is 5.71. The van der Waals surface area contributed by atoms with Crippen LogP contribution in [0.1, 0.15) is 12.5 Å². The summed E-state index contributed by atoms with van der Waals surface area (Å²) in [5.41, 5.74) is 3.01. The number of nitrogens with zero attached hydrogens (tertiary/aromatic N) is 2. The maximum absolute atomic E-state index is 12.7. The topological polar surface area (TPSA) is 84.2 Å². The number of rotatable bonds is 5. The number of aromatic nitrogens is 2. The zero-order valence-corrected chi connectivity index (χ0v) is 17.0. The van der Waals surface area contributed by atoms with Gasteiger partial charge < -0.3 is 15.3 Å². The smallest absolute Gasteiger partial charge is 0.323 e. The van der Waals surface area contributed by atoms with Crippen molar-refractivity contribution in [2.45, 2.75) is 19.5 Å². The van der Waals surface area contributed by atoms with Gasteiger partial charge in [0.25, 0.3) is 0 Å². The summed E-state index contributed by atoms with van der Waals surface area (Å²) in [5.74, 6) is -0.0504. The minimum atomic E-state index is -0.257. The number of hydrogen-bond donors (Lipinski definition) is 3. The molecule has 2 aromatic carbocycles. The highest BCUT2D eigenvalue weighted by Gasteiger charge is 2.25. The second-order valence-corrected chi connectivity index (χ2v) is 7.88. The number of hydrogen-bond acceptors (Lipinski definition) is 4. The lowest BCUT2D eigenvalue weighted by atomic mass is 10.1. The van der Waals surface area contributed by atoms with Crippen LogP contribution in [0.25, 0.3) is 11.0 Å². The van der Waals surface area contributed by atoms with Gasteiger partial charge in [-0.05, 0) is 42.8 Å². The zero-order chi connectivity index (χ0) is 20.4. The van der Waals surface area contributed by atoms with E-state index >= 15 is 0 Å². The Labute approximate surface area is 173 Å². The van der Waals surface area contributed by atoms with E-state index in [-0.39, 0.29) is 17.6 Å². The molecule has 8 heteroatoms. The van der Waals surface area contributed by atoms with Gasteiger partial charge in [-0.2, -0.15) is 0 Å². The van der Waals surface area contributed by atoms with Crippen molar-refractivity contribution in [1.82, 2.24) is 19.8 Å². The van der Waals surface area contributed by atoms with Gasteiger partial charge in [0.15, 0.2) is 0 Å². The minimum absolute atomic E-state index is 0.0504. The van der Waals surface area contributed by atoms with Crippen LogP contribution in [0.5, 0.6) is 0 Å². The Morgan fingerprint density at radius 1 is 1.10 bits per heavy atom. The highest BCUT2D eigenvalue weighted by Crippen LogP contribution is 2.17. The van der Waals surface area contributed by atoms with Gasteiger partial charge in [-0.1, -0.05) is 23.7 Å². The second kappa shape index (κ2) is 8.41. The molecular weight excluding hydrogens is 390 g/mol. The van der Waals surface area contributed by atoms with Crippen LogP contribution in [0.3, 0.4) is 0 Å². The number of halogens is 1. The molecule has 1 aliphatic rings. The third-order valence-corrected chi connectivity index (χ3v) is 5.65. The van der Waals surface area contributed by atoms with Crippen LogP contribution in [0.15, 0.2) is 47.3 Å². The maximum atomic E-state index is 12.7. The van der Waals surface area contributed by atoms with Crippen LogP contribution in [0.4, 0.5) is 5.69 Å². The van der Waals surface area contributed by atoms with E-state index in [9.17, 15) is 9.59 Å². The van der Waals surface area contributed by atoms with Gasteiger partial charge in [0.05, 0.1) is 17.1 Å². The van der Waals surface area contributed by atoms with Crippen LogP contribution >= 0.6 is 11.6 Å². The normalized spacial score (nSPS) is 16.8. The monoisotopic (exact) mass is 413 g/mol.